The fourth-order valence-corrected chi connectivity index (χ4v) is 5.23. The van der Waals surface area contributed by atoms with Crippen LogP contribution < -0.4 is 38.1 Å². The fourth-order valence-electron chi connectivity index (χ4n) is 5.23. The van der Waals surface area contributed by atoms with Crippen molar-refractivity contribution in [2.45, 2.75) is 35.1 Å². The van der Waals surface area contributed by atoms with Crippen molar-refractivity contribution in [1.29, 1.82) is 0 Å². The average Bonchev–Trinajstić information content (AvgIpc) is 3.18. The van der Waals surface area contributed by atoms with Gasteiger partial charge in [0.2, 0.25) is 5.82 Å². The van der Waals surface area contributed by atoms with Crippen molar-refractivity contribution >= 4 is 136 Å². The summed E-state index contributed by atoms with van der Waals surface area (Å²) in [7, 11) is 7.30. The third-order valence-corrected chi connectivity index (χ3v) is 8.39. The van der Waals surface area contributed by atoms with Crippen molar-refractivity contribution in [2.75, 3.05) is 140 Å². The Kier molecular flexibility index (Phi) is 40.4. The molecule has 0 aliphatic carbocycles. The predicted molar refractivity (Wildman–Crippen MR) is 294 cm³/mol. The number of aromatic nitrogens is 3. The Labute approximate surface area is 441 Å². The van der Waals surface area contributed by atoms with Crippen LogP contribution in [-0.4, -0.2) is 151 Å². The van der Waals surface area contributed by atoms with Gasteiger partial charge in [-0.3, -0.25) is 29.6 Å². The first kappa shape index (κ1) is 67.9. The van der Waals surface area contributed by atoms with E-state index in [1.807, 2.05) is 23.3 Å². The number of halogens is 4. The molecule has 0 amide bonds. The van der Waals surface area contributed by atoms with Gasteiger partial charge in [0, 0.05) is 123 Å². The molecule has 10 N–H and O–H groups in total. The molecule has 0 spiro atoms. The molecule has 361 valence electrons. The molecule has 3 aromatic heterocycles. The topological polar surface area (TPSA) is 277 Å². The fraction of sp³-hybridized carbons (Fsp3) is 0.579. The zero-order valence-corrected chi connectivity index (χ0v) is 45.9. The number of hydrogen-bond donors (Lipinski definition) is 6. The van der Waals surface area contributed by atoms with Gasteiger partial charge < -0.3 is 80.4 Å². The quantitative estimate of drug-likeness (QED) is 0.0560. The van der Waals surface area contributed by atoms with Crippen LogP contribution in [0, 0.1) is 31.6 Å². The number of aryl methyl sites for hydroxylation is 1. The van der Waals surface area contributed by atoms with Gasteiger partial charge in [-0.1, -0.05) is 82.6 Å². The molecule has 3 saturated heterocycles. The maximum absolute atomic E-state index is 11.0. The Morgan fingerprint density at radius 3 is 1.33 bits per heavy atom. The van der Waals surface area contributed by atoms with Crippen molar-refractivity contribution in [2.24, 2.45) is 0 Å². The van der Waals surface area contributed by atoms with E-state index in [9.17, 15) is 20.2 Å². The SMILES string of the molecule is C.C.CC(I)(I)I.CN1CCN(c2nccc(N)c2N)CC1.CN1CCN(c2nccc(N)c2[N+](=O)[O-])CC1.CN1CCNCC1.CO.C[CH-]I.Cc1nccc(N)c1[N+](=O)[O-].[V]. The minimum Gasteiger partial charge on any atom is -0.400 e. The summed E-state index contributed by atoms with van der Waals surface area (Å²) in [5.41, 5.74) is 24.3. The van der Waals surface area contributed by atoms with Crippen molar-refractivity contribution < 1.29 is 33.5 Å². The van der Waals surface area contributed by atoms with Crippen LogP contribution in [0.5, 0.6) is 0 Å². The molecule has 0 aromatic carbocycles. The minimum atomic E-state index is -0.530. The molecular weight excluding hydrogens is 1310 g/mol. The first-order chi connectivity index (χ1) is 28.2. The summed E-state index contributed by atoms with van der Waals surface area (Å²) in [6, 6.07) is 4.59. The third kappa shape index (κ3) is 28.9. The number of alkyl halides is 3. The number of rotatable bonds is 4. The minimum absolute atomic E-state index is 0. The van der Waals surface area contributed by atoms with E-state index in [1.54, 1.807) is 19.2 Å². The number of piperazine rings is 3. The Balaban J connectivity index is -0.000000348. The van der Waals surface area contributed by atoms with E-state index >= 15 is 0 Å². The molecule has 3 aliphatic heterocycles. The molecule has 63 heavy (non-hydrogen) atoms. The van der Waals surface area contributed by atoms with Crippen molar-refractivity contribution in [3.8, 4) is 0 Å². The van der Waals surface area contributed by atoms with Crippen LogP contribution in [0.25, 0.3) is 0 Å². The van der Waals surface area contributed by atoms with Gasteiger partial charge in [0.1, 0.15) is 16.5 Å². The van der Waals surface area contributed by atoms with Crippen LogP contribution in [0.15, 0.2) is 36.8 Å². The first-order valence-electron chi connectivity index (χ1n) is 18.6. The molecule has 3 aromatic rings. The summed E-state index contributed by atoms with van der Waals surface area (Å²) in [4.78, 5) is 43.4. The van der Waals surface area contributed by atoms with Gasteiger partial charge in [-0.25, -0.2) is 9.97 Å². The van der Waals surface area contributed by atoms with Crippen LogP contribution in [-0.2, 0) is 18.6 Å². The molecule has 3 fully saturated rings. The molecule has 6 heterocycles. The van der Waals surface area contributed by atoms with Gasteiger partial charge in [0.15, 0.2) is 5.82 Å². The number of nitro groups is 2. The zero-order valence-electron chi connectivity index (χ0n) is 35.8. The van der Waals surface area contributed by atoms with Crippen LogP contribution in [0.2, 0.25) is 0 Å². The molecule has 1 radical (unpaired) electrons. The summed E-state index contributed by atoms with van der Waals surface area (Å²) in [6.07, 6.45) is 4.66. The number of likely N-dealkylation sites (N-methyl/N-ethyl adjacent to an activating group) is 3. The number of aliphatic hydroxyl groups is 1. The molecule has 25 heteroatoms. The molecular formula is C38H70I4N15O5V-. The number of pyridine rings is 3. The summed E-state index contributed by atoms with van der Waals surface area (Å²) >= 11 is 9.22. The second kappa shape index (κ2) is 37.4. The third-order valence-electron chi connectivity index (χ3n) is 8.39. The maximum Gasteiger partial charge on any atom is 0.334 e. The zero-order chi connectivity index (χ0) is 46.0. The second-order valence-corrected chi connectivity index (χ2v) is 27.1. The number of nitrogens with two attached hydrogens (primary N) is 4. The summed E-state index contributed by atoms with van der Waals surface area (Å²) in [6.45, 7) is 17.6. The maximum atomic E-state index is 11.0. The van der Waals surface area contributed by atoms with Gasteiger partial charge >= 0.3 is 11.4 Å². The monoisotopic (exact) mass is 1380 g/mol. The van der Waals surface area contributed by atoms with Gasteiger partial charge in [-0.2, -0.15) is 6.92 Å². The number of aliphatic hydroxyl groups excluding tert-OH is 1. The Morgan fingerprint density at radius 1 is 0.683 bits per heavy atom. The summed E-state index contributed by atoms with van der Waals surface area (Å²) < 4.78 is 2.38. The molecule has 0 unspecified atom stereocenters. The van der Waals surface area contributed by atoms with Crippen LogP contribution >= 0.6 is 90.4 Å². The van der Waals surface area contributed by atoms with Gasteiger partial charge in [0.05, 0.1) is 21.2 Å². The molecule has 3 aliphatic rings. The van der Waals surface area contributed by atoms with Crippen LogP contribution in [0.4, 0.5) is 45.8 Å². The van der Waals surface area contributed by atoms with E-state index < -0.39 is 9.85 Å². The van der Waals surface area contributed by atoms with E-state index in [0.29, 0.717) is 22.3 Å². The van der Waals surface area contributed by atoms with Crippen molar-refractivity contribution in [3.05, 3.63) is 67.1 Å². The molecule has 0 atom stereocenters. The second-order valence-electron chi connectivity index (χ2n) is 13.2. The smallest absolute Gasteiger partial charge is 0.334 e. The Hall–Kier alpha value is -1.65. The van der Waals surface area contributed by atoms with E-state index in [0.717, 1.165) is 78.4 Å². The number of nitrogen functional groups attached to an aromatic ring is 4. The Morgan fingerprint density at radius 2 is 1.00 bits per heavy atom. The van der Waals surface area contributed by atoms with Crippen molar-refractivity contribution in [3.63, 3.8) is 0 Å². The number of nitrogens with one attached hydrogen (secondary N) is 1. The van der Waals surface area contributed by atoms with E-state index in [2.05, 4.69) is 151 Å². The molecule has 0 saturated carbocycles. The summed E-state index contributed by atoms with van der Waals surface area (Å²) in [5.74, 6) is 1.20. The van der Waals surface area contributed by atoms with Gasteiger partial charge in [0.25, 0.3) is 0 Å². The van der Waals surface area contributed by atoms with Crippen molar-refractivity contribution in [1.82, 2.24) is 35.0 Å². The largest absolute Gasteiger partial charge is 0.400 e. The number of anilines is 6. The standard InChI is InChI=1S/C10H15N5O2.C10H17N5.C6H7N3O2.C5H12N2.C2H3I3.C2H4I.CH4O.2CH4.V/c1-13-4-6-14(7-5-13)10-9(15(16)17)8(11)2-3-12-10;1-14-4-6-15(7-5-14)10-9(12)8(11)2-3-13-10;1-4-6(9(10)11)5(7)2-3-8-4;1-7-4-2-6-3-5-7;1-2(3,4)5;1-2-3;1-2;;;/h2-3H,4-7H2,1H3,(H2,11,12);2-3H,4-7,12H2,1H3,(H2,11,13);2-3H,1H3,(H2,7,8);6H,2-5H2,1H3;1H3;2H,1H3;2H,1H3;2*1H4;/q;;;;;-1;;;;. The average molecular weight is 1380 g/mol. The molecule has 6 rings (SSSR count). The molecule has 0 bridgehead atoms. The van der Waals surface area contributed by atoms with Crippen LogP contribution in [0.3, 0.4) is 0 Å². The normalized spacial score (nSPS) is 14.7. The van der Waals surface area contributed by atoms with E-state index in [-0.39, 0.29) is 56.2 Å². The van der Waals surface area contributed by atoms with Gasteiger partial charge in [-0.05, 0) is 53.2 Å². The first-order valence-corrected chi connectivity index (χ1v) is 23.1. The predicted octanol–water partition coefficient (Wildman–Crippen LogP) is 6.17. The molecule has 20 nitrogen and oxygen atoms in total. The van der Waals surface area contributed by atoms with Crippen LogP contribution in [0.1, 0.15) is 34.4 Å². The number of nitrogens with zero attached hydrogens (tertiary/aromatic N) is 10. The number of hydrogen-bond acceptors (Lipinski definition) is 18. The van der Waals surface area contributed by atoms with E-state index in [4.69, 9.17) is 28.0 Å². The summed E-state index contributed by atoms with van der Waals surface area (Å²) in [5, 5.41) is 31.6. The Bertz CT molecular complexity index is 1660. The van der Waals surface area contributed by atoms with E-state index in [1.165, 1.54) is 37.6 Å². The van der Waals surface area contributed by atoms with Gasteiger partial charge in [-0.15, -0.1) is 0 Å².